The van der Waals surface area contributed by atoms with Gasteiger partial charge in [-0.25, -0.2) is 0 Å². The molecule has 356 valence electrons. The van der Waals surface area contributed by atoms with Crippen LogP contribution in [-0.4, -0.2) is 0 Å². The van der Waals surface area contributed by atoms with E-state index in [1.165, 1.54) is 50.1 Å². The number of rotatable bonds is 9. The number of anilines is 3. The molecule has 1 aliphatic rings. The standard InChI is InChI=1S/C73H47NO2/c1-5-21-48(22-6-1)51-41-43-66-60(45-51)71-64(37-19-39-68(71)75-66)74(55-30-17-29-54(47-55)73(53-27-11-4-12-28-53)62-35-15-13-31-58(62)59-32-14-16-36-63(59)73)65-38-20-40-69-72(65)61-46-52(42-44-67(61)76-69)70-56(49-23-7-2-8-24-49)33-18-34-57(70)50-25-9-3-10-26-50/h1-47H. The van der Waals surface area contributed by atoms with Gasteiger partial charge in [-0.15, -0.1) is 0 Å². The summed E-state index contributed by atoms with van der Waals surface area (Å²) in [6, 6.07) is 103. The predicted molar refractivity (Wildman–Crippen MR) is 315 cm³/mol. The van der Waals surface area contributed by atoms with Gasteiger partial charge in [0.15, 0.2) is 0 Å². The van der Waals surface area contributed by atoms with Gasteiger partial charge >= 0.3 is 0 Å². The zero-order valence-corrected chi connectivity index (χ0v) is 41.4. The van der Waals surface area contributed by atoms with Gasteiger partial charge in [-0.1, -0.05) is 224 Å². The van der Waals surface area contributed by atoms with E-state index in [0.717, 1.165) is 88.8 Å². The van der Waals surface area contributed by atoms with Crippen LogP contribution in [0.5, 0.6) is 0 Å². The number of nitrogens with zero attached hydrogens (tertiary/aromatic N) is 1. The molecule has 0 spiro atoms. The highest BCUT2D eigenvalue weighted by Gasteiger charge is 2.46. The van der Waals surface area contributed by atoms with Crippen LogP contribution in [0.1, 0.15) is 22.3 Å². The topological polar surface area (TPSA) is 29.5 Å². The number of hydrogen-bond acceptors (Lipinski definition) is 3. The van der Waals surface area contributed by atoms with Crippen molar-refractivity contribution in [2.45, 2.75) is 5.41 Å². The van der Waals surface area contributed by atoms with E-state index in [9.17, 15) is 0 Å². The molecule has 0 saturated carbocycles. The lowest BCUT2D eigenvalue weighted by Gasteiger charge is -2.35. The van der Waals surface area contributed by atoms with Gasteiger partial charge < -0.3 is 13.7 Å². The lowest BCUT2D eigenvalue weighted by atomic mass is 9.67. The second-order valence-electron chi connectivity index (χ2n) is 19.8. The summed E-state index contributed by atoms with van der Waals surface area (Å²) in [7, 11) is 0. The van der Waals surface area contributed by atoms with Crippen LogP contribution in [0.15, 0.2) is 294 Å². The molecule has 2 aromatic heterocycles. The van der Waals surface area contributed by atoms with Crippen molar-refractivity contribution in [3.05, 3.63) is 307 Å². The molecular formula is C73H47NO2. The van der Waals surface area contributed by atoms with Crippen LogP contribution in [0.2, 0.25) is 0 Å². The normalized spacial score (nSPS) is 12.6. The molecule has 12 aromatic carbocycles. The maximum Gasteiger partial charge on any atom is 0.137 e. The Morgan fingerprint density at radius 2 is 0.711 bits per heavy atom. The fourth-order valence-electron chi connectivity index (χ4n) is 12.5. The molecule has 0 unspecified atom stereocenters. The minimum absolute atomic E-state index is 0.610. The highest BCUT2D eigenvalue weighted by molar-refractivity contribution is 6.19. The fraction of sp³-hybridized carbons (Fsp3) is 0.0137. The molecule has 0 radical (unpaired) electrons. The summed E-state index contributed by atoms with van der Waals surface area (Å²) in [5.41, 5.74) is 22.3. The monoisotopic (exact) mass is 969 g/mol. The maximum absolute atomic E-state index is 6.95. The Morgan fingerprint density at radius 3 is 1.28 bits per heavy atom. The van der Waals surface area contributed by atoms with E-state index in [1.807, 2.05) is 0 Å². The number of benzene rings is 12. The molecule has 0 amide bonds. The van der Waals surface area contributed by atoms with Crippen molar-refractivity contribution in [2.24, 2.45) is 0 Å². The van der Waals surface area contributed by atoms with Gasteiger partial charge in [0.2, 0.25) is 0 Å². The van der Waals surface area contributed by atoms with Crippen molar-refractivity contribution in [1.29, 1.82) is 0 Å². The van der Waals surface area contributed by atoms with E-state index in [1.54, 1.807) is 0 Å². The SMILES string of the molecule is c1ccc(-c2ccc3oc4cccc(N(c5cccc(C6(c7ccccc7)c7ccccc7-c7ccccc76)c5)c5cccc6oc7ccc(-c8c(-c9ccccc9)cccc8-c8ccccc8)cc7c56)c4c3c2)cc1. The zero-order chi connectivity index (χ0) is 50.2. The minimum Gasteiger partial charge on any atom is -0.456 e. The van der Waals surface area contributed by atoms with Crippen molar-refractivity contribution in [1.82, 2.24) is 0 Å². The zero-order valence-electron chi connectivity index (χ0n) is 41.4. The van der Waals surface area contributed by atoms with Crippen molar-refractivity contribution < 1.29 is 8.83 Å². The van der Waals surface area contributed by atoms with E-state index in [0.29, 0.717) is 0 Å². The second kappa shape index (κ2) is 17.6. The predicted octanol–water partition coefficient (Wildman–Crippen LogP) is 20.0. The minimum atomic E-state index is -0.610. The second-order valence-corrected chi connectivity index (χ2v) is 19.8. The van der Waals surface area contributed by atoms with E-state index in [2.05, 4.69) is 290 Å². The van der Waals surface area contributed by atoms with Crippen molar-refractivity contribution >= 4 is 60.9 Å². The molecule has 0 bridgehead atoms. The molecule has 2 heterocycles. The summed E-state index contributed by atoms with van der Waals surface area (Å²) in [6.45, 7) is 0. The van der Waals surface area contributed by atoms with Crippen LogP contribution in [0.3, 0.4) is 0 Å². The van der Waals surface area contributed by atoms with Crippen LogP contribution < -0.4 is 4.90 Å². The lowest BCUT2D eigenvalue weighted by Crippen LogP contribution is -2.28. The third-order valence-corrected chi connectivity index (χ3v) is 15.8. The molecule has 0 saturated heterocycles. The lowest BCUT2D eigenvalue weighted by molar-refractivity contribution is 0.669. The molecule has 15 rings (SSSR count). The Labute approximate surface area is 440 Å². The highest BCUT2D eigenvalue weighted by Crippen LogP contribution is 2.57. The van der Waals surface area contributed by atoms with E-state index in [4.69, 9.17) is 8.83 Å². The first-order valence-corrected chi connectivity index (χ1v) is 26.1. The molecule has 76 heavy (non-hydrogen) atoms. The summed E-state index contributed by atoms with van der Waals surface area (Å²) in [4.78, 5) is 2.46. The summed E-state index contributed by atoms with van der Waals surface area (Å²) in [5.74, 6) is 0. The number of furan rings is 2. The van der Waals surface area contributed by atoms with Gasteiger partial charge in [0.1, 0.15) is 22.3 Å². The van der Waals surface area contributed by atoms with Crippen LogP contribution in [0.25, 0.3) is 99.5 Å². The summed E-state index contributed by atoms with van der Waals surface area (Å²) < 4.78 is 13.8. The highest BCUT2D eigenvalue weighted by atomic mass is 16.3. The number of fused-ring (bicyclic) bond motifs is 9. The summed E-state index contributed by atoms with van der Waals surface area (Å²) >= 11 is 0. The molecule has 0 atom stereocenters. The first kappa shape index (κ1) is 43.6. The maximum atomic E-state index is 6.95. The van der Waals surface area contributed by atoms with Crippen LogP contribution in [0, 0.1) is 0 Å². The van der Waals surface area contributed by atoms with E-state index < -0.39 is 5.41 Å². The molecule has 3 heteroatoms. The molecule has 14 aromatic rings. The summed E-state index contributed by atoms with van der Waals surface area (Å²) in [6.07, 6.45) is 0. The third kappa shape index (κ3) is 6.76. The largest absolute Gasteiger partial charge is 0.456 e. The van der Waals surface area contributed by atoms with Crippen LogP contribution in [0.4, 0.5) is 17.1 Å². The Hall–Kier alpha value is -9.96. The average Bonchev–Trinajstić information content (AvgIpc) is 4.31. The van der Waals surface area contributed by atoms with Crippen molar-refractivity contribution in [3.63, 3.8) is 0 Å². The van der Waals surface area contributed by atoms with Gasteiger partial charge in [-0.2, -0.15) is 0 Å². The Morgan fingerprint density at radius 1 is 0.276 bits per heavy atom. The van der Waals surface area contributed by atoms with Gasteiger partial charge in [-0.3, -0.25) is 0 Å². The molecule has 0 aliphatic heterocycles. The van der Waals surface area contributed by atoms with Gasteiger partial charge in [0.25, 0.3) is 0 Å². The van der Waals surface area contributed by atoms with Crippen LogP contribution >= 0.6 is 0 Å². The average molecular weight is 970 g/mol. The van der Waals surface area contributed by atoms with Gasteiger partial charge in [0.05, 0.1) is 27.6 Å². The third-order valence-electron chi connectivity index (χ3n) is 15.8. The molecule has 0 N–H and O–H groups in total. The van der Waals surface area contributed by atoms with Crippen molar-refractivity contribution in [2.75, 3.05) is 4.90 Å². The summed E-state index contributed by atoms with van der Waals surface area (Å²) in [5, 5.41) is 4.13. The molecular weight excluding hydrogens is 923 g/mol. The van der Waals surface area contributed by atoms with Gasteiger partial charge in [0, 0.05) is 16.5 Å². The van der Waals surface area contributed by atoms with E-state index >= 15 is 0 Å². The fourth-order valence-corrected chi connectivity index (χ4v) is 12.5. The molecule has 3 nitrogen and oxygen atoms in total. The first-order chi connectivity index (χ1) is 37.7. The van der Waals surface area contributed by atoms with Gasteiger partial charge in [-0.05, 0) is 139 Å². The van der Waals surface area contributed by atoms with Crippen molar-refractivity contribution in [3.8, 4) is 55.6 Å². The smallest absolute Gasteiger partial charge is 0.137 e. The first-order valence-electron chi connectivity index (χ1n) is 26.1. The molecule has 1 aliphatic carbocycles. The number of hydrogen-bond donors (Lipinski definition) is 0. The van der Waals surface area contributed by atoms with E-state index in [-0.39, 0.29) is 0 Å². The Balaban J connectivity index is 1.02. The Kier molecular flexibility index (Phi) is 10.1. The molecule has 0 fully saturated rings. The quantitative estimate of drug-likeness (QED) is 0.144. The van der Waals surface area contributed by atoms with Crippen LogP contribution in [-0.2, 0) is 5.41 Å². The Bertz CT molecular complexity index is 4410.